The van der Waals surface area contributed by atoms with Crippen molar-refractivity contribution in [2.24, 2.45) is 0 Å². The summed E-state index contributed by atoms with van der Waals surface area (Å²) >= 11 is 5.47. The number of fused-ring (bicyclic) bond motifs is 2. The third-order valence-electron chi connectivity index (χ3n) is 8.24. The minimum Gasteiger partial charge on any atom is -0.506 e. The van der Waals surface area contributed by atoms with Crippen molar-refractivity contribution in [3.05, 3.63) is 110 Å². The van der Waals surface area contributed by atoms with Crippen LogP contribution >= 0.6 is 12.2 Å². The Balaban J connectivity index is 1.20. The van der Waals surface area contributed by atoms with Crippen molar-refractivity contribution in [2.45, 2.75) is 37.8 Å². The second-order valence-electron chi connectivity index (χ2n) is 11.7. The van der Waals surface area contributed by atoms with Crippen molar-refractivity contribution >= 4 is 51.6 Å². The number of aromatic hydroxyl groups is 1. The Kier molecular flexibility index (Phi) is 11.6. The number of nitro benzene ring substituents is 1. The third kappa shape index (κ3) is 8.46. The predicted molar refractivity (Wildman–Crippen MR) is 193 cm³/mol. The van der Waals surface area contributed by atoms with Gasteiger partial charge in [0.05, 0.1) is 23.1 Å². The summed E-state index contributed by atoms with van der Waals surface area (Å²) in [6.45, 7) is -0.126. The topological polar surface area (TPSA) is 224 Å². The molecule has 2 atom stereocenters. The van der Waals surface area contributed by atoms with Gasteiger partial charge < -0.3 is 40.8 Å². The number of nitro groups is 1. The smallest absolute Gasteiger partial charge is 0.336 e. The Morgan fingerprint density at radius 1 is 0.961 bits per heavy atom. The summed E-state index contributed by atoms with van der Waals surface area (Å²) in [5, 5.41) is 61.1. The molecule has 0 aromatic heterocycles. The van der Waals surface area contributed by atoms with E-state index in [2.05, 4.69) is 16.0 Å². The van der Waals surface area contributed by atoms with Gasteiger partial charge >= 0.3 is 5.97 Å². The largest absolute Gasteiger partial charge is 0.506 e. The van der Waals surface area contributed by atoms with Gasteiger partial charge in [-0.25, -0.2) is 4.79 Å². The number of nitrogens with one attached hydrogen (secondary N) is 3. The number of carboxylic acids is 1. The van der Waals surface area contributed by atoms with Crippen LogP contribution < -0.4 is 21.4 Å². The summed E-state index contributed by atoms with van der Waals surface area (Å²) in [4.78, 5) is 47.2. The number of anilines is 1. The van der Waals surface area contributed by atoms with Crippen molar-refractivity contribution in [1.82, 2.24) is 10.6 Å². The van der Waals surface area contributed by atoms with Crippen molar-refractivity contribution in [1.29, 1.82) is 0 Å². The molecule has 1 heterocycles. The molecule has 7 N–H and O–H groups in total. The predicted octanol–water partition coefficient (Wildman–Crippen LogP) is 4.93. The fourth-order valence-electron chi connectivity index (χ4n) is 5.70. The van der Waals surface area contributed by atoms with Gasteiger partial charge in [0.25, 0.3) is 5.69 Å². The first-order valence-corrected chi connectivity index (χ1v) is 16.3. The Bertz CT molecular complexity index is 2120. The third-order valence-corrected chi connectivity index (χ3v) is 8.49. The van der Waals surface area contributed by atoms with Gasteiger partial charge in [-0.05, 0) is 78.7 Å². The Labute approximate surface area is 295 Å². The van der Waals surface area contributed by atoms with E-state index in [0.717, 1.165) is 0 Å². The first kappa shape index (κ1) is 36.4. The maximum absolute atomic E-state index is 12.5. The van der Waals surface area contributed by atoms with E-state index in [9.17, 15) is 44.9 Å². The fraction of sp³-hybridized carbons (Fsp3) is 0.222. The standard InChI is InChI=1S/C36H34N4O10S/c41-19-27(33(45)20-9-11-21(12-10-20)40(48)49)38-30(44)8-2-1-5-17-37-36(51)39-32-28(43)16-15-26-31(23-6-3-4-7-24(23)35(46)47)25-14-13-22(42)18-29(25)50-34(26)32/h3-4,6-7,9-16,18,27,33,41,43,45H,1-2,5,8,17,19H2,(H,38,44)(H,46,47)(H2,37,39,51)/t27-,33+/m1/s1. The lowest BCUT2D eigenvalue weighted by atomic mass is 9.90. The Morgan fingerprint density at radius 3 is 2.41 bits per heavy atom. The van der Waals surface area contributed by atoms with Crippen LogP contribution in [0.5, 0.6) is 5.75 Å². The fourth-order valence-corrected chi connectivity index (χ4v) is 5.90. The van der Waals surface area contributed by atoms with Gasteiger partial charge in [-0.2, -0.15) is 0 Å². The van der Waals surface area contributed by atoms with Crippen LogP contribution in [0.2, 0.25) is 0 Å². The monoisotopic (exact) mass is 714 g/mol. The number of phenols is 1. The first-order valence-electron chi connectivity index (χ1n) is 15.9. The number of aliphatic hydroxyl groups excluding tert-OH is 2. The minimum atomic E-state index is -1.26. The van der Waals surface area contributed by atoms with Crippen LogP contribution in [-0.2, 0) is 4.79 Å². The molecule has 1 aliphatic heterocycles. The number of thiocarbonyl (C=S) groups is 1. The molecular formula is C36H34N4O10S. The second kappa shape index (κ2) is 16.2. The normalized spacial score (nSPS) is 12.3. The van der Waals surface area contributed by atoms with Gasteiger partial charge in [0.1, 0.15) is 23.3 Å². The number of carbonyl (C=O) groups is 2. The lowest BCUT2D eigenvalue weighted by Crippen LogP contribution is -2.41. The molecule has 0 unspecified atom stereocenters. The highest BCUT2D eigenvalue weighted by Crippen LogP contribution is 2.45. The second-order valence-corrected chi connectivity index (χ2v) is 12.1. The number of amides is 1. The van der Waals surface area contributed by atoms with Crippen LogP contribution in [0.3, 0.4) is 0 Å². The van der Waals surface area contributed by atoms with Crippen LogP contribution in [0.4, 0.5) is 11.4 Å². The molecule has 0 saturated carbocycles. The number of carbonyl (C=O) groups excluding carboxylic acids is 1. The van der Waals surface area contributed by atoms with E-state index in [0.29, 0.717) is 53.4 Å². The maximum atomic E-state index is 12.5. The van der Waals surface area contributed by atoms with Crippen LogP contribution in [0.15, 0.2) is 88.1 Å². The number of nitrogens with zero attached hydrogens (tertiary/aromatic N) is 1. The highest BCUT2D eigenvalue weighted by molar-refractivity contribution is 7.80. The number of carboxylic acid groups (broad SMARTS) is 1. The van der Waals surface area contributed by atoms with E-state index in [4.69, 9.17) is 16.6 Å². The quantitative estimate of drug-likeness (QED) is 0.0203. The van der Waals surface area contributed by atoms with Crippen LogP contribution in [0, 0.1) is 10.1 Å². The van der Waals surface area contributed by atoms with E-state index in [-0.39, 0.29) is 56.9 Å². The lowest BCUT2D eigenvalue weighted by molar-refractivity contribution is -0.384. The molecule has 3 aromatic carbocycles. The first-order chi connectivity index (χ1) is 24.5. The van der Waals surface area contributed by atoms with Crippen molar-refractivity contribution in [3.63, 3.8) is 0 Å². The number of hydrogen-bond acceptors (Lipinski definition) is 10. The van der Waals surface area contributed by atoms with Gasteiger partial charge in [0.15, 0.2) is 16.1 Å². The molecule has 264 valence electrons. The number of non-ortho nitro benzene ring substituents is 1. The Hall–Kier alpha value is -5.90. The van der Waals surface area contributed by atoms with E-state index >= 15 is 0 Å². The average Bonchev–Trinajstić information content (AvgIpc) is 3.12. The van der Waals surface area contributed by atoms with Gasteiger partial charge in [-0.1, -0.05) is 24.6 Å². The average molecular weight is 715 g/mol. The SMILES string of the molecule is O=C(CCCCCNC(=S)Nc1c(O)ccc2c(-c3ccccc3C(=O)O)c3ccc(=O)cc-3oc12)N[C@H](CO)[C@@H](O)c1ccc([N+](=O)[O-])cc1. The van der Waals surface area contributed by atoms with Crippen LogP contribution in [-0.4, -0.2) is 61.5 Å². The number of rotatable bonds is 14. The zero-order valence-corrected chi connectivity index (χ0v) is 27.8. The number of aromatic carboxylic acids is 1. The van der Waals surface area contributed by atoms with Crippen LogP contribution in [0.1, 0.15) is 47.7 Å². The summed E-state index contributed by atoms with van der Waals surface area (Å²) < 4.78 is 6.12. The number of hydrogen-bond donors (Lipinski definition) is 7. The lowest BCUT2D eigenvalue weighted by Gasteiger charge is -2.22. The molecule has 1 amide bonds. The van der Waals surface area contributed by atoms with Crippen molar-refractivity contribution < 1.29 is 39.4 Å². The summed E-state index contributed by atoms with van der Waals surface area (Å²) in [5.41, 5.74) is 1.57. The molecule has 0 radical (unpaired) electrons. The van der Waals surface area contributed by atoms with Crippen molar-refractivity contribution in [3.8, 4) is 28.2 Å². The van der Waals surface area contributed by atoms with Gasteiger partial charge in [0.2, 0.25) is 5.91 Å². The summed E-state index contributed by atoms with van der Waals surface area (Å²) in [7, 11) is 0. The summed E-state index contributed by atoms with van der Waals surface area (Å²) in [5.74, 6) is -1.52. The summed E-state index contributed by atoms with van der Waals surface area (Å²) in [6, 6.07) is 17.9. The van der Waals surface area contributed by atoms with E-state index in [1.807, 2.05) is 0 Å². The number of unbranched alkanes of at least 4 members (excludes halogenated alkanes) is 2. The molecule has 15 heteroatoms. The molecule has 1 aliphatic carbocycles. The molecule has 3 aromatic rings. The zero-order chi connectivity index (χ0) is 36.7. The van der Waals surface area contributed by atoms with Crippen molar-refractivity contribution in [2.75, 3.05) is 18.5 Å². The molecule has 0 spiro atoms. The van der Waals surface area contributed by atoms with Gasteiger partial charge in [-0.3, -0.25) is 19.7 Å². The minimum absolute atomic E-state index is 0.0443. The van der Waals surface area contributed by atoms with Crippen LogP contribution in [0.25, 0.3) is 33.4 Å². The van der Waals surface area contributed by atoms with E-state index in [1.165, 1.54) is 48.5 Å². The van der Waals surface area contributed by atoms with E-state index < -0.39 is 29.6 Å². The molecule has 51 heavy (non-hydrogen) atoms. The maximum Gasteiger partial charge on any atom is 0.336 e. The van der Waals surface area contributed by atoms with Gasteiger partial charge in [0, 0.05) is 47.7 Å². The molecule has 0 fully saturated rings. The molecule has 5 rings (SSSR count). The number of phenolic OH excluding ortho intramolecular Hbond substituents is 1. The highest BCUT2D eigenvalue weighted by Gasteiger charge is 2.25. The number of aliphatic hydroxyl groups is 2. The zero-order valence-electron chi connectivity index (χ0n) is 27.0. The van der Waals surface area contributed by atoms with Gasteiger partial charge in [-0.15, -0.1) is 0 Å². The highest BCUT2D eigenvalue weighted by atomic mass is 32.1. The molecular weight excluding hydrogens is 680 g/mol. The summed E-state index contributed by atoms with van der Waals surface area (Å²) in [6.07, 6.45) is 0.606. The molecule has 0 saturated heterocycles. The Morgan fingerprint density at radius 2 is 1.71 bits per heavy atom. The van der Waals surface area contributed by atoms with E-state index in [1.54, 1.807) is 30.3 Å². The molecule has 14 nitrogen and oxygen atoms in total. The number of benzene rings is 4. The molecule has 0 bridgehead atoms. The molecule has 2 aliphatic rings.